The van der Waals surface area contributed by atoms with Crippen molar-refractivity contribution in [2.24, 2.45) is 11.8 Å². The average Bonchev–Trinajstić information content (AvgIpc) is 3.44. The number of hydrogen-bond donors (Lipinski definition) is 2. The van der Waals surface area contributed by atoms with Crippen molar-refractivity contribution in [2.75, 3.05) is 12.8 Å². The Bertz CT molecular complexity index is 1570. The lowest BCUT2D eigenvalue weighted by Gasteiger charge is -2.30. The highest BCUT2D eigenvalue weighted by molar-refractivity contribution is 5.74. The molecule has 1 saturated carbocycles. The zero-order valence-electron chi connectivity index (χ0n) is 22.4. The number of carbonyl (C=O) groups is 1. The Labute approximate surface area is 231 Å². The van der Waals surface area contributed by atoms with Crippen molar-refractivity contribution >= 4 is 11.9 Å². The first-order chi connectivity index (χ1) is 19.4. The fourth-order valence-electron chi connectivity index (χ4n) is 5.39. The molecule has 1 aromatic carbocycles. The van der Waals surface area contributed by atoms with Crippen LogP contribution in [0.15, 0.2) is 48.7 Å². The zero-order valence-corrected chi connectivity index (χ0v) is 22.4. The lowest BCUT2D eigenvalue weighted by Crippen LogP contribution is -2.24. The van der Waals surface area contributed by atoms with Gasteiger partial charge in [0.1, 0.15) is 17.5 Å². The normalized spacial score (nSPS) is 17.6. The van der Waals surface area contributed by atoms with E-state index in [0.29, 0.717) is 46.4 Å². The summed E-state index contributed by atoms with van der Waals surface area (Å²) in [6, 6.07) is 15.1. The smallest absolute Gasteiger partial charge is 0.306 e. The number of para-hydroxylation sites is 1. The molecule has 3 N–H and O–H groups in total. The van der Waals surface area contributed by atoms with Gasteiger partial charge in [0.05, 0.1) is 48.4 Å². The third-order valence-corrected chi connectivity index (χ3v) is 7.61. The quantitative estimate of drug-likeness (QED) is 0.330. The highest BCUT2D eigenvalue weighted by Crippen LogP contribution is 2.38. The Hall–Kier alpha value is -4.85. The van der Waals surface area contributed by atoms with Crippen LogP contribution in [0.5, 0.6) is 5.75 Å². The molecule has 0 unspecified atom stereocenters. The number of carboxylic acids is 1. The number of nitriles is 1. The number of rotatable bonds is 8. The van der Waals surface area contributed by atoms with Gasteiger partial charge in [-0.25, -0.2) is 14.6 Å². The monoisotopic (exact) mass is 538 g/mol. The summed E-state index contributed by atoms with van der Waals surface area (Å²) in [7, 11) is 1.50. The lowest BCUT2D eigenvalue weighted by molar-refractivity contribution is -0.143. The Morgan fingerprint density at radius 3 is 2.60 bits per heavy atom. The fraction of sp³-hybridized carbons (Fsp3) is 0.345. The molecule has 0 bridgehead atoms. The largest absolute Gasteiger partial charge is 0.495 e. The van der Waals surface area contributed by atoms with Crippen LogP contribution in [0.3, 0.4) is 0 Å². The van der Waals surface area contributed by atoms with Gasteiger partial charge in [0.15, 0.2) is 0 Å². The van der Waals surface area contributed by atoms with Crippen LogP contribution in [0, 0.1) is 23.2 Å². The summed E-state index contributed by atoms with van der Waals surface area (Å²) < 4.78 is 7.16. The van der Waals surface area contributed by atoms with Crippen molar-refractivity contribution in [3.63, 3.8) is 0 Å². The molecule has 3 heterocycles. The first kappa shape index (κ1) is 26.7. The summed E-state index contributed by atoms with van der Waals surface area (Å²) in [5, 5.41) is 27.3. The highest BCUT2D eigenvalue weighted by atomic mass is 16.5. The van der Waals surface area contributed by atoms with E-state index in [2.05, 4.69) is 33.3 Å². The molecule has 1 fully saturated rings. The van der Waals surface area contributed by atoms with Crippen LogP contribution in [0.1, 0.15) is 55.5 Å². The molecule has 5 rings (SSSR count). The van der Waals surface area contributed by atoms with Crippen LogP contribution in [-0.2, 0) is 11.3 Å². The number of nitrogens with zero attached hydrogens (tertiary/aromatic N) is 7. The summed E-state index contributed by atoms with van der Waals surface area (Å²) in [5.74, 6) is 0.212. The van der Waals surface area contributed by atoms with Gasteiger partial charge in [0, 0.05) is 17.2 Å². The molecule has 40 heavy (non-hydrogen) atoms. The molecule has 0 radical (unpaired) electrons. The number of aliphatic carboxylic acids is 1. The number of nitrogen functional groups attached to an aromatic ring is 1. The van der Waals surface area contributed by atoms with Crippen molar-refractivity contribution in [2.45, 2.75) is 45.1 Å². The summed E-state index contributed by atoms with van der Waals surface area (Å²) in [6.07, 6.45) is 5.01. The van der Waals surface area contributed by atoms with E-state index >= 15 is 0 Å². The van der Waals surface area contributed by atoms with E-state index in [1.165, 1.54) is 7.11 Å². The first-order valence-corrected chi connectivity index (χ1v) is 13.2. The second-order valence-electron chi connectivity index (χ2n) is 10.1. The van der Waals surface area contributed by atoms with E-state index in [4.69, 9.17) is 15.5 Å². The molecular weight excluding hydrogens is 508 g/mol. The molecule has 11 heteroatoms. The van der Waals surface area contributed by atoms with Crippen molar-refractivity contribution in [3.8, 4) is 34.5 Å². The standard InChI is InChI=1S/C29H30N8O3/c1-17(18-9-11-19(12-10-18)28(38)39)23-8-4-6-21(32-23)15-37-16-26(35-36-37)25-13-24(33-29(31)34-25)22-7-3-5-20(14-30)27(22)40-2/h3-8,13,16-19H,9-12,15H2,1-2H3,(H,38,39)(H2,31,33,34)/t17-,18-,19-/m0/s1. The fourth-order valence-corrected chi connectivity index (χ4v) is 5.39. The maximum atomic E-state index is 11.3. The second-order valence-corrected chi connectivity index (χ2v) is 10.1. The van der Waals surface area contributed by atoms with E-state index in [9.17, 15) is 15.2 Å². The molecule has 0 saturated heterocycles. The predicted octanol–water partition coefficient (Wildman–Crippen LogP) is 4.30. The van der Waals surface area contributed by atoms with Gasteiger partial charge in [0.25, 0.3) is 0 Å². The Morgan fingerprint density at radius 1 is 1.12 bits per heavy atom. The van der Waals surface area contributed by atoms with Crippen LogP contribution in [0.4, 0.5) is 5.95 Å². The van der Waals surface area contributed by atoms with Gasteiger partial charge >= 0.3 is 5.97 Å². The van der Waals surface area contributed by atoms with Crippen LogP contribution in [0.25, 0.3) is 22.6 Å². The minimum Gasteiger partial charge on any atom is -0.495 e. The predicted molar refractivity (Wildman–Crippen MR) is 147 cm³/mol. The van der Waals surface area contributed by atoms with E-state index in [0.717, 1.165) is 37.1 Å². The third kappa shape index (κ3) is 5.61. The molecule has 1 atom stereocenters. The van der Waals surface area contributed by atoms with E-state index in [1.54, 1.807) is 35.1 Å². The van der Waals surface area contributed by atoms with Gasteiger partial charge in [-0.15, -0.1) is 5.10 Å². The number of carboxylic acid groups (broad SMARTS) is 1. The van der Waals surface area contributed by atoms with Crippen molar-refractivity contribution in [1.29, 1.82) is 5.26 Å². The summed E-state index contributed by atoms with van der Waals surface area (Å²) in [6.45, 7) is 2.59. The highest BCUT2D eigenvalue weighted by Gasteiger charge is 2.30. The molecule has 0 amide bonds. The summed E-state index contributed by atoms with van der Waals surface area (Å²) in [4.78, 5) is 24.9. The van der Waals surface area contributed by atoms with Crippen LogP contribution < -0.4 is 10.5 Å². The van der Waals surface area contributed by atoms with Crippen LogP contribution in [-0.4, -0.2) is 48.1 Å². The molecule has 1 aliphatic carbocycles. The molecule has 11 nitrogen and oxygen atoms in total. The number of benzene rings is 1. The van der Waals surface area contributed by atoms with E-state index in [-0.39, 0.29) is 17.8 Å². The molecular formula is C29H30N8O3. The average molecular weight is 539 g/mol. The molecule has 204 valence electrons. The third-order valence-electron chi connectivity index (χ3n) is 7.61. The summed E-state index contributed by atoms with van der Waals surface area (Å²) >= 11 is 0. The minimum absolute atomic E-state index is 0.0622. The van der Waals surface area contributed by atoms with Crippen molar-refractivity contribution < 1.29 is 14.6 Å². The molecule has 0 spiro atoms. The number of methoxy groups -OCH3 is 1. The van der Waals surface area contributed by atoms with Crippen LogP contribution >= 0.6 is 0 Å². The van der Waals surface area contributed by atoms with Gasteiger partial charge in [-0.2, -0.15) is 5.26 Å². The molecule has 1 aliphatic rings. The molecule has 4 aromatic rings. The summed E-state index contributed by atoms with van der Waals surface area (Å²) in [5.41, 5.74) is 10.4. The van der Waals surface area contributed by atoms with Crippen LogP contribution in [0.2, 0.25) is 0 Å². The minimum atomic E-state index is -0.688. The Balaban J connectivity index is 1.34. The molecule has 3 aromatic heterocycles. The Kier molecular flexibility index (Phi) is 7.68. The van der Waals surface area contributed by atoms with Gasteiger partial charge in [-0.3, -0.25) is 9.78 Å². The second kappa shape index (κ2) is 11.5. The number of nitrogens with two attached hydrogens (primary N) is 1. The van der Waals surface area contributed by atoms with Gasteiger partial charge in [-0.1, -0.05) is 24.3 Å². The number of ether oxygens (including phenoxy) is 1. The first-order valence-electron chi connectivity index (χ1n) is 13.2. The number of pyridine rings is 1. The van der Waals surface area contributed by atoms with E-state index in [1.807, 2.05) is 18.2 Å². The van der Waals surface area contributed by atoms with Gasteiger partial charge in [0.2, 0.25) is 5.95 Å². The molecule has 0 aliphatic heterocycles. The zero-order chi connectivity index (χ0) is 28.2. The maximum absolute atomic E-state index is 11.3. The number of hydrogen-bond acceptors (Lipinski definition) is 9. The van der Waals surface area contributed by atoms with Gasteiger partial charge in [-0.05, 0) is 61.9 Å². The van der Waals surface area contributed by atoms with Crippen molar-refractivity contribution in [1.82, 2.24) is 29.9 Å². The van der Waals surface area contributed by atoms with Gasteiger partial charge < -0.3 is 15.6 Å². The number of anilines is 1. The lowest BCUT2D eigenvalue weighted by atomic mass is 9.75. The topological polar surface area (TPSA) is 166 Å². The Morgan fingerprint density at radius 2 is 1.88 bits per heavy atom. The van der Waals surface area contributed by atoms with Crippen molar-refractivity contribution in [3.05, 3.63) is 65.6 Å². The maximum Gasteiger partial charge on any atom is 0.306 e. The van der Waals surface area contributed by atoms with E-state index < -0.39 is 5.97 Å². The SMILES string of the molecule is COc1c(C#N)cccc1-c1cc(-c2cn(Cc3cccc([C@@H](C)[C@H]4CC[C@H](C(=O)O)CC4)n3)nn2)nc(N)n1. The number of aromatic nitrogens is 6.